The number of hydrogen-bond donors (Lipinski definition) is 0. The molecule has 0 aliphatic heterocycles. The maximum atomic E-state index is 2.45. The Morgan fingerprint density at radius 3 is 1.27 bits per heavy atom. The Kier molecular flexibility index (Phi) is 4.90. The van der Waals surface area contributed by atoms with E-state index in [9.17, 15) is 0 Å². The van der Waals surface area contributed by atoms with Crippen LogP contribution in [0.25, 0.3) is 48.6 Å². The van der Waals surface area contributed by atoms with Gasteiger partial charge in [-0.15, -0.1) is 0 Å². The van der Waals surface area contributed by atoms with Crippen LogP contribution in [0.2, 0.25) is 0 Å². The van der Waals surface area contributed by atoms with Gasteiger partial charge in [0.15, 0.2) is 0 Å². The molecule has 0 saturated carbocycles. The first kappa shape index (κ1) is 20.0. The number of benzene rings is 5. The van der Waals surface area contributed by atoms with Crippen LogP contribution in [0.15, 0.2) is 115 Å². The van der Waals surface area contributed by atoms with Gasteiger partial charge in [-0.05, 0) is 87.6 Å². The molecule has 0 radical (unpaired) electrons. The third-order valence-corrected chi connectivity index (χ3v) is 9.16. The molecule has 158 valence electrons. The van der Waals surface area contributed by atoms with Crippen molar-refractivity contribution >= 4 is 28.5 Å². The zero-order valence-corrected chi connectivity index (χ0v) is 19.8. The lowest BCUT2D eigenvalue weighted by atomic mass is 9.95. The molecule has 0 saturated heterocycles. The van der Waals surface area contributed by atoms with E-state index in [1.54, 1.807) is 0 Å². The third-order valence-electron chi connectivity index (χ3n) is 6.64. The summed E-state index contributed by atoms with van der Waals surface area (Å²) < 4.78 is 0. The average Bonchev–Trinajstić information content (AvgIpc) is 3.16. The third kappa shape index (κ3) is 3.39. The van der Waals surface area contributed by atoms with Crippen LogP contribution >= 0.6 is 7.53 Å². The summed E-state index contributed by atoms with van der Waals surface area (Å²) in [6, 6.07) is 42.4. The van der Waals surface area contributed by atoms with Crippen LogP contribution in [0.1, 0.15) is 11.1 Å². The normalized spacial score (nSPS) is 11.3. The van der Waals surface area contributed by atoms with Crippen LogP contribution in [0.4, 0.5) is 0 Å². The van der Waals surface area contributed by atoms with Gasteiger partial charge in [-0.3, -0.25) is 0 Å². The molecule has 0 amide bonds. The van der Waals surface area contributed by atoms with Gasteiger partial charge < -0.3 is 0 Å². The van der Waals surface area contributed by atoms with Gasteiger partial charge in [0, 0.05) is 10.2 Å². The van der Waals surface area contributed by atoms with Crippen molar-refractivity contribution in [2.75, 3.05) is 0 Å². The number of fused-ring (bicyclic) bond motifs is 3. The van der Waals surface area contributed by atoms with Gasteiger partial charge in [0.2, 0.25) is 0 Å². The van der Waals surface area contributed by atoms with Crippen LogP contribution in [0, 0.1) is 13.8 Å². The molecule has 0 nitrogen and oxygen atoms in total. The quantitative estimate of drug-likeness (QED) is 0.257. The van der Waals surface area contributed by atoms with Gasteiger partial charge in [0.25, 0.3) is 0 Å². The van der Waals surface area contributed by atoms with Crippen molar-refractivity contribution in [2.45, 2.75) is 13.8 Å². The Hall–Kier alpha value is -3.60. The number of rotatable bonds is 3. The van der Waals surface area contributed by atoms with Crippen molar-refractivity contribution in [1.82, 2.24) is 0 Å². The second-order valence-electron chi connectivity index (χ2n) is 8.77. The van der Waals surface area contributed by atoms with E-state index in [1.165, 1.54) is 59.7 Å². The van der Waals surface area contributed by atoms with Crippen LogP contribution < -0.4 is 0 Å². The standard InChI is InChI=1S/C32H25P/c1-22-18-31-29(20-27(22)24-12-6-3-7-13-24)30-21-28(25-14-8-4-9-15-25)23(2)19-32(30)33(31)26-16-10-5-11-17-26/h3-21H,1-2H3. The summed E-state index contributed by atoms with van der Waals surface area (Å²) >= 11 is 0. The van der Waals surface area contributed by atoms with Gasteiger partial charge in [-0.25, -0.2) is 0 Å². The Balaban J connectivity index is 1.73. The molecule has 0 bridgehead atoms. The largest absolute Gasteiger partial charge is 0.0772 e. The van der Waals surface area contributed by atoms with E-state index in [2.05, 4.69) is 129 Å². The monoisotopic (exact) mass is 440 g/mol. The summed E-state index contributed by atoms with van der Waals surface area (Å²) in [4.78, 5) is 0. The SMILES string of the molecule is Cc1cc2c(cc1-c1ccccc1)c1cc(-c3ccccc3)c(C)cc1p2-c1ccccc1. The minimum Gasteiger partial charge on any atom is -0.0772 e. The van der Waals surface area contributed by atoms with E-state index >= 15 is 0 Å². The van der Waals surface area contributed by atoms with E-state index in [1.807, 2.05) is 0 Å². The first-order chi connectivity index (χ1) is 16.2. The van der Waals surface area contributed by atoms with Crippen LogP contribution in [-0.2, 0) is 0 Å². The number of aryl methyl sites for hydroxylation is 2. The van der Waals surface area contributed by atoms with Gasteiger partial charge in [0.05, 0.1) is 0 Å². The van der Waals surface area contributed by atoms with Gasteiger partial charge in [-0.2, -0.15) is 0 Å². The lowest BCUT2D eigenvalue weighted by Crippen LogP contribution is -1.84. The molecule has 6 aromatic rings. The average molecular weight is 441 g/mol. The molecule has 1 heteroatoms. The van der Waals surface area contributed by atoms with E-state index in [0.717, 1.165) is 0 Å². The van der Waals surface area contributed by atoms with Crippen molar-refractivity contribution in [3.63, 3.8) is 0 Å². The van der Waals surface area contributed by atoms with Gasteiger partial charge >= 0.3 is 0 Å². The topological polar surface area (TPSA) is 0 Å². The summed E-state index contributed by atoms with van der Waals surface area (Å²) in [7, 11) is -0.567. The highest BCUT2D eigenvalue weighted by Gasteiger charge is 2.18. The molecule has 0 fully saturated rings. The zero-order chi connectivity index (χ0) is 22.4. The maximum Gasteiger partial charge on any atom is 0.00713 e. The van der Waals surface area contributed by atoms with E-state index in [0.29, 0.717) is 0 Å². The van der Waals surface area contributed by atoms with Gasteiger partial charge in [-0.1, -0.05) is 98.5 Å². The Morgan fingerprint density at radius 1 is 0.455 bits per heavy atom. The molecule has 0 atom stereocenters. The molecular weight excluding hydrogens is 415 g/mol. The molecule has 0 N–H and O–H groups in total. The van der Waals surface area contributed by atoms with E-state index < -0.39 is 7.53 Å². The lowest BCUT2D eigenvalue weighted by molar-refractivity contribution is 1.49. The van der Waals surface area contributed by atoms with Crippen LogP contribution in [0.5, 0.6) is 0 Å². The van der Waals surface area contributed by atoms with Crippen molar-refractivity contribution in [3.8, 4) is 27.6 Å². The molecule has 0 spiro atoms. The molecule has 0 unspecified atom stereocenters. The maximum absolute atomic E-state index is 2.45. The highest BCUT2D eigenvalue weighted by atomic mass is 31.1. The first-order valence-corrected chi connectivity index (χ1v) is 12.8. The summed E-state index contributed by atoms with van der Waals surface area (Å²) in [5, 5.41) is 7.16. The fourth-order valence-corrected chi connectivity index (χ4v) is 7.81. The summed E-state index contributed by atoms with van der Waals surface area (Å²) in [6.45, 7) is 4.51. The predicted octanol–water partition coefficient (Wildman–Crippen LogP) is 9.92. The fourth-order valence-electron chi connectivity index (χ4n) is 5.03. The molecule has 6 rings (SSSR count). The van der Waals surface area contributed by atoms with E-state index in [4.69, 9.17) is 0 Å². The van der Waals surface area contributed by atoms with Gasteiger partial charge in [0.1, 0.15) is 0 Å². The lowest BCUT2D eigenvalue weighted by Gasteiger charge is -2.09. The fraction of sp³-hybridized carbons (Fsp3) is 0.0625. The van der Waals surface area contributed by atoms with Crippen molar-refractivity contribution in [1.29, 1.82) is 0 Å². The summed E-state index contributed by atoms with van der Waals surface area (Å²) in [5.41, 5.74) is 7.91. The molecule has 33 heavy (non-hydrogen) atoms. The highest BCUT2D eigenvalue weighted by Crippen LogP contribution is 2.56. The predicted molar refractivity (Wildman–Crippen MR) is 146 cm³/mol. The van der Waals surface area contributed by atoms with Crippen LogP contribution in [0.3, 0.4) is 0 Å². The number of hydrogen-bond acceptors (Lipinski definition) is 0. The minimum absolute atomic E-state index is 0.567. The zero-order valence-electron chi connectivity index (χ0n) is 18.9. The second kappa shape index (κ2) is 8.07. The van der Waals surface area contributed by atoms with Crippen molar-refractivity contribution in [3.05, 3.63) is 126 Å². The van der Waals surface area contributed by atoms with Crippen LogP contribution in [-0.4, -0.2) is 0 Å². The molecule has 0 aliphatic rings. The Bertz CT molecular complexity index is 1490. The molecule has 1 heterocycles. The first-order valence-electron chi connectivity index (χ1n) is 11.5. The summed E-state index contributed by atoms with van der Waals surface area (Å²) in [6.07, 6.45) is 0. The van der Waals surface area contributed by atoms with E-state index in [-0.39, 0.29) is 0 Å². The minimum atomic E-state index is -0.567. The summed E-state index contributed by atoms with van der Waals surface area (Å²) in [5.74, 6) is 0. The van der Waals surface area contributed by atoms with Crippen molar-refractivity contribution in [2.24, 2.45) is 0 Å². The molecule has 1 aromatic heterocycles. The Labute approximate surface area is 196 Å². The smallest absolute Gasteiger partial charge is 0.00713 e. The molecular formula is C32H25P. The highest BCUT2D eigenvalue weighted by molar-refractivity contribution is 7.67. The van der Waals surface area contributed by atoms with Crippen molar-refractivity contribution < 1.29 is 0 Å². The Morgan fingerprint density at radius 2 is 0.848 bits per heavy atom. The molecule has 0 aliphatic carbocycles. The molecule has 5 aromatic carbocycles. The second-order valence-corrected chi connectivity index (χ2v) is 10.9.